The van der Waals surface area contributed by atoms with Gasteiger partial charge in [-0.05, 0) is 91.8 Å². The first-order valence-electron chi connectivity index (χ1n) is 21.5. The molecule has 0 atom stereocenters. The fourth-order valence-corrected chi connectivity index (χ4v) is 7.41. The van der Waals surface area contributed by atoms with Crippen LogP contribution in [0.25, 0.3) is 21.8 Å². The molecule has 5 N–H and O–H groups in total. The lowest BCUT2D eigenvalue weighted by Gasteiger charge is -2.40. The smallest absolute Gasteiger partial charge is 0.354 e. The molecule has 0 spiro atoms. The molecule has 0 saturated carbocycles. The molecular formula is C46H61N9O9. The Labute approximate surface area is 372 Å². The number of H-pyrrole nitrogens is 2. The molecular weight excluding hydrogens is 823 g/mol. The second-order valence-electron chi connectivity index (χ2n) is 17.4. The fraction of sp³-hybridized carbons (Fsp3) is 0.543. The van der Waals surface area contributed by atoms with Crippen LogP contribution in [0.5, 0.6) is 0 Å². The number of Topliss-reactive ketones (excluding diaryl/α,β-unsaturated/α-hetero) is 1. The van der Waals surface area contributed by atoms with E-state index in [0.29, 0.717) is 90.9 Å². The minimum atomic E-state index is -1.16. The molecule has 0 radical (unpaired) electrons. The highest BCUT2D eigenvalue weighted by Gasteiger charge is 2.33. The minimum absolute atomic E-state index is 0.0175. The van der Waals surface area contributed by atoms with Crippen LogP contribution < -0.4 is 26.7 Å². The lowest BCUT2D eigenvalue weighted by atomic mass is 9.92. The number of carboxylic acid groups (broad SMARTS) is 1. The molecule has 2 aliphatic heterocycles. The van der Waals surface area contributed by atoms with Crippen molar-refractivity contribution in [3.63, 3.8) is 0 Å². The molecule has 0 aliphatic carbocycles. The zero-order valence-electron chi connectivity index (χ0n) is 38.2. The average molecular weight is 884 g/mol. The molecule has 4 aromatic rings. The summed E-state index contributed by atoms with van der Waals surface area (Å²) in [5.41, 5.74) is 5.76. The van der Waals surface area contributed by atoms with Crippen LogP contribution in [0.15, 0.2) is 34.1 Å². The summed E-state index contributed by atoms with van der Waals surface area (Å²) in [7, 11) is 3.38. The van der Waals surface area contributed by atoms with Gasteiger partial charge >= 0.3 is 11.9 Å². The van der Waals surface area contributed by atoms with Crippen LogP contribution in [0, 0.1) is 22.7 Å². The van der Waals surface area contributed by atoms with Crippen molar-refractivity contribution in [1.29, 1.82) is 10.5 Å². The predicted molar refractivity (Wildman–Crippen MR) is 243 cm³/mol. The van der Waals surface area contributed by atoms with Gasteiger partial charge < -0.3 is 44.8 Å². The van der Waals surface area contributed by atoms with Crippen LogP contribution in [0.1, 0.15) is 131 Å². The van der Waals surface area contributed by atoms with Crippen LogP contribution in [0.4, 0.5) is 11.4 Å². The van der Waals surface area contributed by atoms with E-state index in [4.69, 9.17) is 19.9 Å². The van der Waals surface area contributed by atoms with Gasteiger partial charge in [0, 0.05) is 64.0 Å². The number of methoxy groups -OCH3 is 2. The van der Waals surface area contributed by atoms with E-state index in [2.05, 4.69) is 31.8 Å². The number of nitrogens with two attached hydrogens (primary N) is 1. The number of hydrogen-bond donors (Lipinski definition) is 4. The molecule has 18 nitrogen and oxygen atoms in total. The van der Waals surface area contributed by atoms with E-state index in [1.807, 2.05) is 51.7 Å². The Morgan fingerprint density at radius 3 is 1.61 bits per heavy atom. The molecule has 6 rings (SSSR count). The molecule has 0 bridgehead atoms. The standard InChI is InChI=1S/C21H26N4O3.C17H18N4O4.C8H17NO2/c1-4-5-6-18(26)16-11-14-17(13-23-16)24-20(27)15(12-22)19(14)25-9-7-21(2,28-3)8-10-25;1-17(25-2)3-5-21(6-4-17)14-10-7-12(16(23)24)19-9-13(10)20-15(22)11(14)8-18;1-8(2,3)11-7(10)5-4-6-9/h11,13H,4-10H2,1-3H3,(H,24,27);7,9H,3-6H2,1-2H3,(H,20,22)(H,23,24);4-6,9H2,1-3H3. The summed E-state index contributed by atoms with van der Waals surface area (Å²) >= 11 is 0. The van der Waals surface area contributed by atoms with Gasteiger partial charge in [0.05, 0.1) is 46.0 Å². The van der Waals surface area contributed by atoms with Gasteiger partial charge in [-0.2, -0.15) is 10.5 Å². The molecule has 6 heterocycles. The number of fused-ring (bicyclic) bond motifs is 2. The third-order valence-corrected chi connectivity index (χ3v) is 11.5. The summed E-state index contributed by atoms with van der Waals surface area (Å²) in [6.07, 6.45) is 9.19. The molecule has 0 aromatic carbocycles. The van der Waals surface area contributed by atoms with Gasteiger partial charge in [0.25, 0.3) is 11.1 Å². The maximum Gasteiger partial charge on any atom is 0.354 e. The van der Waals surface area contributed by atoms with E-state index in [0.717, 1.165) is 38.5 Å². The maximum atomic E-state index is 12.5. The van der Waals surface area contributed by atoms with Crippen molar-refractivity contribution in [3.8, 4) is 12.1 Å². The Bertz CT molecular complexity index is 2520. The van der Waals surface area contributed by atoms with Crippen molar-refractivity contribution in [2.75, 3.05) is 56.7 Å². The van der Waals surface area contributed by atoms with Gasteiger partial charge in [0.2, 0.25) is 0 Å². The van der Waals surface area contributed by atoms with Crippen LogP contribution in [0.2, 0.25) is 0 Å². The number of ketones is 1. The van der Waals surface area contributed by atoms with Crippen LogP contribution in [-0.2, 0) is 19.0 Å². The van der Waals surface area contributed by atoms with E-state index in [-0.39, 0.29) is 45.4 Å². The van der Waals surface area contributed by atoms with Crippen molar-refractivity contribution in [1.82, 2.24) is 19.9 Å². The first-order chi connectivity index (χ1) is 30.3. The molecule has 2 fully saturated rings. The molecule has 0 unspecified atom stereocenters. The largest absolute Gasteiger partial charge is 0.477 e. The third kappa shape index (κ3) is 12.7. The molecule has 2 saturated heterocycles. The Morgan fingerprint density at radius 1 is 0.797 bits per heavy atom. The monoisotopic (exact) mass is 883 g/mol. The predicted octanol–water partition coefficient (Wildman–Crippen LogP) is 5.74. The fourth-order valence-electron chi connectivity index (χ4n) is 7.41. The number of nitrogens with one attached hydrogen (secondary N) is 2. The van der Waals surface area contributed by atoms with E-state index in [1.54, 1.807) is 20.3 Å². The van der Waals surface area contributed by atoms with Gasteiger partial charge in [-0.3, -0.25) is 24.2 Å². The van der Waals surface area contributed by atoms with E-state index in [9.17, 15) is 39.6 Å². The molecule has 0 amide bonds. The number of carbonyl (C=O) groups is 3. The molecule has 344 valence electrons. The van der Waals surface area contributed by atoms with Crippen molar-refractivity contribution in [2.45, 2.75) is 116 Å². The number of nitrogens with zero attached hydrogens (tertiary/aromatic N) is 6. The normalized spacial score (nSPS) is 15.5. The van der Waals surface area contributed by atoms with Crippen molar-refractivity contribution < 1.29 is 33.7 Å². The number of piperidine rings is 2. The van der Waals surface area contributed by atoms with Gasteiger partial charge in [0.1, 0.15) is 40.3 Å². The zero-order chi connectivity index (χ0) is 47.4. The molecule has 4 aromatic heterocycles. The highest BCUT2D eigenvalue weighted by molar-refractivity contribution is 6.01. The summed E-state index contributed by atoms with van der Waals surface area (Å²) in [6.45, 7) is 14.8. The van der Waals surface area contributed by atoms with Crippen LogP contribution in [0.3, 0.4) is 0 Å². The highest BCUT2D eigenvalue weighted by Crippen LogP contribution is 2.35. The number of hydrogen-bond acceptors (Lipinski definition) is 15. The number of nitriles is 2. The Kier molecular flexibility index (Phi) is 17.3. The van der Waals surface area contributed by atoms with Crippen molar-refractivity contribution >= 4 is 50.9 Å². The first-order valence-corrected chi connectivity index (χ1v) is 21.5. The van der Waals surface area contributed by atoms with E-state index in [1.165, 1.54) is 18.5 Å². The summed E-state index contributed by atoms with van der Waals surface area (Å²) in [5.74, 6) is -1.35. The van der Waals surface area contributed by atoms with E-state index < -0.39 is 17.1 Å². The van der Waals surface area contributed by atoms with Gasteiger partial charge in [0.15, 0.2) is 5.78 Å². The second-order valence-corrected chi connectivity index (χ2v) is 17.4. The average Bonchev–Trinajstić information content (AvgIpc) is 3.26. The topological polar surface area (TPSA) is 271 Å². The van der Waals surface area contributed by atoms with Crippen LogP contribution in [-0.4, -0.2) is 107 Å². The second kappa shape index (κ2) is 21.9. The number of aromatic amines is 2. The van der Waals surface area contributed by atoms with Crippen LogP contribution >= 0.6 is 0 Å². The Hall–Kier alpha value is -6.21. The summed E-state index contributed by atoms with van der Waals surface area (Å²) in [5, 5.41) is 29.5. The third-order valence-electron chi connectivity index (χ3n) is 11.5. The van der Waals surface area contributed by atoms with Gasteiger partial charge in [-0.15, -0.1) is 0 Å². The van der Waals surface area contributed by atoms with Crippen molar-refractivity contribution in [3.05, 3.63) is 67.7 Å². The molecule has 2 aliphatic rings. The number of unbranched alkanes of at least 4 members (excludes halogenated alkanes) is 1. The highest BCUT2D eigenvalue weighted by atomic mass is 16.6. The number of anilines is 2. The SMILES string of the molecule is CC(C)(C)OC(=O)CCCN.CCCCC(=O)c1cc2c(N3CCC(C)(OC)CC3)c(C#N)c(=O)[nH]c2cn1.COC1(C)CCN(c2c(C#N)c(=O)[nH]c3cnc(C(=O)O)cc23)CC1. The Balaban J connectivity index is 0.000000230. The summed E-state index contributed by atoms with van der Waals surface area (Å²) < 4.78 is 16.2. The number of esters is 1. The number of ether oxygens (including phenoxy) is 3. The number of carbonyl (C=O) groups excluding carboxylic acids is 2. The molecule has 18 heteroatoms. The van der Waals surface area contributed by atoms with Crippen molar-refractivity contribution in [2.24, 2.45) is 5.73 Å². The minimum Gasteiger partial charge on any atom is -0.477 e. The van der Waals surface area contributed by atoms with Gasteiger partial charge in [-0.25, -0.2) is 9.78 Å². The van der Waals surface area contributed by atoms with E-state index >= 15 is 0 Å². The van der Waals surface area contributed by atoms with Gasteiger partial charge in [-0.1, -0.05) is 13.3 Å². The zero-order valence-corrected chi connectivity index (χ0v) is 38.2. The summed E-state index contributed by atoms with van der Waals surface area (Å²) in [6, 6.07) is 7.11. The lowest BCUT2D eigenvalue weighted by Crippen LogP contribution is -2.44. The Morgan fingerprint density at radius 2 is 1.23 bits per heavy atom. The number of carboxylic acids is 1. The number of aromatic carboxylic acids is 1. The first kappa shape index (κ1) is 50.4. The lowest BCUT2D eigenvalue weighted by molar-refractivity contribution is -0.154. The number of rotatable bonds is 12. The maximum absolute atomic E-state index is 12.5. The number of aromatic nitrogens is 4. The summed E-state index contributed by atoms with van der Waals surface area (Å²) in [4.78, 5) is 76.7. The quantitative estimate of drug-likeness (QED) is 0.0976. The number of pyridine rings is 4. The molecule has 64 heavy (non-hydrogen) atoms.